The minimum atomic E-state index is -0.392. The van der Waals surface area contributed by atoms with E-state index in [9.17, 15) is 4.79 Å². The summed E-state index contributed by atoms with van der Waals surface area (Å²) in [7, 11) is 0. The van der Waals surface area contributed by atoms with E-state index in [2.05, 4.69) is 11.2 Å². The van der Waals surface area contributed by atoms with Crippen LogP contribution in [0.15, 0.2) is 0 Å². The summed E-state index contributed by atoms with van der Waals surface area (Å²) in [6, 6.07) is -0.0235. The fourth-order valence-corrected chi connectivity index (χ4v) is 0.713. The minimum Gasteiger partial charge on any atom is -0.449 e. The summed E-state index contributed by atoms with van der Waals surface area (Å²) in [6.45, 7) is 6.25. The number of rotatable bonds is 4. The SMILES string of the molecule is C#CCC(C)NC(=O)OCC(C)C. The van der Waals surface area contributed by atoms with Gasteiger partial charge in [-0.15, -0.1) is 12.3 Å². The lowest BCUT2D eigenvalue weighted by Crippen LogP contribution is -2.33. The van der Waals surface area contributed by atoms with Crippen molar-refractivity contribution in [3.8, 4) is 12.3 Å². The van der Waals surface area contributed by atoms with Crippen LogP contribution in [-0.2, 0) is 4.74 Å². The lowest BCUT2D eigenvalue weighted by Gasteiger charge is -2.12. The summed E-state index contributed by atoms with van der Waals surface area (Å²) in [4.78, 5) is 11.0. The van der Waals surface area contributed by atoms with Crippen LogP contribution in [0.25, 0.3) is 0 Å². The van der Waals surface area contributed by atoms with E-state index in [4.69, 9.17) is 11.2 Å². The summed E-state index contributed by atoms with van der Waals surface area (Å²) in [6.07, 6.45) is 5.22. The highest BCUT2D eigenvalue weighted by Crippen LogP contribution is 1.94. The van der Waals surface area contributed by atoms with Crippen molar-refractivity contribution >= 4 is 6.09 Å². The molecule has 0 saturated carbocycles. The van der Waals surface area contributed by atoms with Gasteiger partial charge in [-0.3, -0.25) is 0 Å². The summed E-state index contributed by atoms with van der Waals surface area (Å²) in [5.41, 5.74) is 0. The Kier molecular flexibility index (Phi) is 5.79. The first-order chi connectivity index (χ1) is 6.06. The predicted molar refractivity (Wildman–Crippen MR) is 52.2 cm³/mol. The van der Waals surface area contributed by atoms with Gasteiger partial charge in [0.05, 0.1) is 6.61 Å². The van der Waals surface area contributed by atoms with Gasteiger partial charge in [0, 0.05) is 12.5 Å². The van der Waals surface area contributed by atoms with Gasteiger partial charge in [0.2, 0.25) is 0 Å². The Balaban J connectivity index is 3.57. The molecule has 74 valence electrons. The smallest absolute Gasteiger partial charge is 0.407 e. The molecule has 0 rings (SSSR count). The fraction of sp³-hybridized carbons (Fsp3) is 0.700. The van der Waals surface area contributed by atoms with Crippen LogP contribution in [0.3, 0.4) is 0 Å². The molecule has 0 spiro atoms. The first-order valence-corrected chi connectivity index (χ1v) is 4.43. The van der Waals surface area contributed by atoms with Crippen LogP contribution in [0.4, 0.5) is 4.79 Å². The molecule has 1 N–H and O–H groups in total. The lowest BCUT2D eigenvalue weighted by atomic mass is 10.2. The van der Waals surface area contributed by atoms with Crippen LogP contribution >= 0.6 is 0 Å². The second-order valence-corrected chi connectivity index (χ2v) is 3.45. The molecule has 0 aromatic rings. The van der Waals surface area contributed by atoms with Crippen LogP contribution in [0.5, 0.6) is 0 Å². The summed E-state index contributed by atoms with van der Waals surface area (Å²) in [5, 5.41) is 2.63. The highest BCUT2D eigenvalue weighted by Gasteiger charge is 2.07. The molecule has 0 fully saturated rings. The molecule has 3 nitrogen and oxygen atoms in total. The zero-order valence-electron chi connectivity index (χ0n) is 8.46. The summed E-state index contributed by atoms with van der Waals surface area (Å²) >= 11 is 0. The monoisotopic (exact) mass is 183 g/mol. The number of amides is 1. The van der Waals surface area contributed by atoms with Crippen LogP contribution in [0.2, 0.25) is 0 Å². The molecule has 0 saturated heterocycles. The topological polar surface area (TPSA) is 38.3 Å². The minimum absolute atomic E-state index is 0.0235. The molecule has 0 heterocycles. The van der Waals surface area contributed by atoms with Gasteiger partial charge in [0.25, 0.3) is 0 Å². The van der Waals surface area contributed by atoms with E-state index in [0.717, 1.165) is 0 Å². The first kappa shape index (κ1) is 11.8. The number of ether oxygens (including phenoxy) is 1. The van der Waals surface area contributed by atoms with E-state index < -0.39 is 6.09 Å². The Bertz CT molecular complexity index is 194. The summed E-state index contributed by atoms with van der Waals surface area (Å²) < 4.78 is 4.90. The van der Waals surface area contributed by atoms with E-state index in [-0.39, 0.29) is 6.04 Å². The lowest BCUT2D eigenvalue weighted by molar-refractivity contribution is 0.130. The van der Waals surface area contributed by atoms with Crippen molar-refractivity contribution in [1.82, 2.24) is 5.32 Å². The standard InChI is InChI=1S/C10H17NO2/c1-5-6-9(4)11-10(12)13-7-8(2)3/h1,8-9H,6-7H2,2-4H3,(H,11,12). The van der Waals surface area contributed by atoms with Crippen molar-refractivity contribution in [1.29, 1.82) is 0 Å². The maximum Gasteiger partial charge on any atom is 0.407 e. The molecular formula is C10H17NO2. The molecule has 0 aromatic carbocycles. The molecule has 1 atom stereocenters. The molecule has 3 heteroatoms. The Labute approximate surface area is 79.8 Å². The number of hydrogen-bond acceptors (Lipinski definition) is 2. The van der Waals surface area contributed by atoms with Gasteiger partial charge in [0.15, 0.2) is 0 Å². The van der Waals surface area contributed by atoms with Gasteiger partial charge >= 0.3 is 6.09 Å². The fourth-order valence-electron chi connectivity index (χ4n) is 0.713. The van der Waals surface area contributed by atoms with Crippen molar-refractivity contribution < 1.29 is 9.53 Å². The van der Waals surface area contributed by atoms with Crippen LogP contribution < -0.4 is 5.32 Å². The highest BCUT2D eigenvalue weighted by molar-refractivity contribution is 5.67. The Morgan fingerprint density at radius 1 is 1.54 bits per heavy atom. The molecule has 0 aliphatic rings. The third kappa shape index (κ3) is 7.20. The molecule has 0 aromatic heterocycles. The zero-order chi connectivity index (χ0) is 10.3. The Hall–Kier alpha value is -1.17. The Morgan fingerprint density at radius 3 is 2.62 bits per heavy atom. The van der Waals surface area contributed by atoms with Crippen molar-refractivity contribution in [3.05, 3.63) is 0 Å². The van der Waals surface area contributed by atoms with Crippen molar-refractivity contribution in [2.75, 3.05) is 6.61 Å². The quantitative estimate of drug-likeness (QED) is 0.675. The number of hydrogen-bond donors (Lipinski definition) is 1. The molecular weight excluding hydrogens is 166 g/mol. The van der Waals surface area contributed by atoms with Gasteiger partial charge in [0.1, 0.15) is 0 Å². The maximum absolute atomic E-state index is 11.0. The van der Waals surface area contributed by atoms with E-state index in [1.807, 2.05) is 20.8 Å². The van der Waals surface area contributed by atoms with Crippen LogP contribution in [-0.4, -0.2) is 18.7 Å². The second kappa shape index (κ2) is 6.36. The molecule has 0 aliphatic carbocycles. The van der Waals surface area contributed by atoms with Gasteiger partial charge < -0.3 is 10.1 Å². The van der Waals surface area contributed by atoms with E-state index in [1.165, 1.54) is 0 Å². The van der Waals surface area contributed by atoms with E-state index in [1.54, 1.807) is 0 Å². The third-order valence-corrected chi connectivity index (χ3v) is 1.34. The van der Waals surface area contributed by atoms with E-state index in [0.29, 0.717) is 18.9 Å². The number of terminal acetylenes is 1. The number of carbonyl (C=O) groups excluding carboxylic acids is 1. The molecule has 0 radical (unpaired) electrons. The number of nitrogens with one attached hydrogen (secondary N) is 1. The van der Waals surface area contributed by atoms with Crippen molar-refractivity contribution in [2.45, 2.75) is 33.2 Å². The molecule has 13 heavy (non-hydrogen) atoms. The molecule has 1 unspecified atom stereocenters. The van der Waals surface area contributed by atoms with E-state index >= 15 is 0 Å². The van der Waals surface area contributed by atoms with Crippen molar-refractivity contribution in [2.24, 2.45) is 5.92 Å². The Morgan fingerprint density at radius 2 is 2.15 bits per heavy atom. The van der Waals surface area contributed by atoms with Gasteiger partial charge in [-0.2, -0.15) is 0 Å². The number of carbonyl (C=O) groups is 1. The van der Waals surface area contributed by atoms with Gasteiger partial charge in [-0.05, 0) is 12.8 Å². The second-order valence-electron chi connectivity index (χ2n) is 3.45. The number of alkyl carbamates (subject to hydrolysis) is 1. The zero-order valence-corrected chi connectivity index (χ0v) is 8.46. The van der Waals surface area contributed by atoms with Crippen molar-refractivity contribution in [3.63, 3.8) is 0 Å². The third-order valence-electron chi connectivity index (χ3n) is 1.34. The predicted octanol–water partition coefficient (Wildman–Crippen LogP) is 1.78. The highest BCUT2D eigenvalue weighted by atomic mass is 16.5. The molecule has 0 bridgehead atoms. The molecule has 1 amide bonds. The average Bonchev–Trinajstić information content (AvgIpc) is 2.01. The normalized spacial score (nSPS) is 11.9. The van der Waals surface area contributed by atoms with Gasteiger partial charge in [-0.1, -0.05) is 13.8 Å². The van der Waals surface area contributed by atoms with Crippen LogP contribution in [0, 0.1) is 18.3 Å². The largest absolute Gasteiger partial charge is 0.449 e. The first-order valence-electron chi connectivity index (χ1n) is 4.43. The summed E-state index contributed by atoms with van der Waals surface area (Å²) in [5.74, 6) is 2.82. The average molecular weight is 183 g/mol. The van der Waals surface area contributed by atoms with Gasteiger partial charge in [-0.25, -0.2) is 4.79 Å². The molecule has 0 aliphatic heterocycles. The van der Waals surface area contributed by atoms with Crippen LogP contribution in [0.1, 0.15) is 27.2 Å². The maximum atomic E-state index is 11.0.